The van der Waals surface area contributed by atoms with Crippen LogP contribution in [0.15, 0.2) is 35.1 Å². The summed E-state index contributed by atoms with van der Waals surface area (Å²) < 4.78 is 0. The van der Waals surface area contributed by atoms with Crippen molar-refractivity contribution >= 4 is 11.6 Å². The molecule has 0 aromatic heterocycles. The van der Waals surface area contributed by atoms with E-state index in [-0.39, 0.29) is 17.3 Å². The van der Waals surface area contributed by atoms with E-state index in [9.17, 15) is 24.9 Å². The van der Waals surface area contributed by atoms with E-state index in [0.29, 0.717) is 24.0 Å². The Kier molecular flexibility index (Phi) is 2.69. The minimum atomic E-state index is -1.36. The van der Waals surface area contributed by atoms with Gasteiger partial charge in [0.2, 0.25) is 0 Å². The highest BCUT2D eigenvalue weighted by Crippen LogP contribution is 2.41. The molecule has 0 amide bonds. The Labute approximate surface area is 109 Å². The van der Waals surface area contributed by atoms with Gasteiger partial charge in [0.1, 0.15) is 11.9 Å². The summed E-state index contributed by atoms with van der Waals surface area (Å²) in [6, 6.07) is 0. The summed E-state index contributed by atoms with van der Waals surface area (Å²) >= 11 is 0. The van der Waals surface area contributed by atoms with Crippen LogP contribution in [0.25, 0.3) is 0 Å². The van der Waals surface area contributed by atoms with Gasteiger partial charge in [-0.1, -0.05) is 12.2 Å². The van der Waals surface area contributed by atoms with Crippen LogP contribution < -0.4 is 0 Å². The van der Waals surface area contributed by atoms with Crippen molar-refractivity contribution in [2.24, 2.45) is 11.8 Å². The van der Waals surface area contributed by atoms with Gasteiger partial charge in [0, 0.05) is 11.1 Å². The number of hydrogen-bond acceptors (Lipinski definition) is 5. The second kappa shape index (κ2) is 4.15. The van der Waals surface area contributed by atoms with Crippen molar-refractivity contribution in [3.8, 4) is 0 Å². The van der Waals surface area contributed by atoms with E-state index in [1.165, 1.54) is 0 Å². The number of carbonyl (C=O) groups is 2. The summed E-state index contributed by atoms with van der Waals surface area (Å²) in [5, 5.41) is 29.4. The van der Waals surface area contributed by atoms with E-state index in [0.717, 1.165) is 6.08 Å². The number of ketones is 2. The van der Waals surface area contributed by atoms with Crippen LogP contribution in [-0.4, -0.2) is 39.1 Å². The summed E-state index contributed by atoms with van der Waals surface area (Å²) in [4.78, 5) is 24.7. The first-order chi connectivity index (χ1) is 9.02. The summed E-state index contributed by atoms with van der Waals surface area (Å²) in [7, 11) is 0. The van der Waals surface area contributed by atoms with Gasteiger partial charge in [-0.05, 0) is 18.9 Å². The number of Topliss-reactive ketones (excluding diaryl/α,β-unsaturated/α-hetero) is 2. The summed E-state index contributed by atoms with van der Waals surface area (Å²) in [5.41, 5.74) is 0.746. The van der Waals surface area contributed by atoms with E-state index in [2.05, 4.69) is 0 Å². The van der Waals surface area contributed by atoms with Crippen LogP contribution in [0.5, 0.6) is 0 Å². The second-order valence-electron chi connectivity index (χ2n) is 5.14. The van der Waals surface area contributed by atoms with Crippen molar-refractivity contribution < 1.29 is 24.9 Å². The largest absolute Gasteiger partial charge is 0.512 e. The predicted molar refractivity (Wildman–Crippen MR) is 65.1 cm³/mol. The van der Waals surface area contributed by atoms with Crippen LogP contribution in [-0.2, 0) is 9.59 Å². The van der Waals surface area contributed by atoms with Gasteiger partial charge in [0.25, 0.3) is 0 Å². The van der Waals surface area contributed by atoms with Crippen LogP contribution in [0.1, 0.15) is 12.8 Å². The number of aliphatic hydroxyl groups excluding tert-OH is 3. The normalized spacial score (nSPS) is 37.9. The molecule has 0 spiro atoms. The van der Waals surface area contributed by atoms with Gasteiger partial charge in [0.15, 0.2) is 11.6 Å². The molecule has 0 saturated heterocycles. The smallest absolute Gasteiger partial charge is 0.171 e. The van der Waals surface area contributed by atoms with E-state index in [4.69, 9.17) is 0 Å². The molecule has 0 fully saturated rings. The van der Waals surface area contributed by atoms with Crippen molar-refractivity contribution in [2.45, 2.75) is 25.0 Å². The summed E-state index contributed by atoms with van der Waals surface area (Å²) in [5.74, 6) is -3.14. The lowest BCUT2D eigenvalue weighted by Gasteiger charge is -2.38. The highest BCUT2D eigenvalue weighted by Gasteiger charge is 2.51. The van der Waals surface area contributed by atoms with Crippen molar-refractivity contribution in [3.05, 3.63) is 35.1 Å². The number of aliphatic hydroxyl groups is 3. The zero-order chi connectivity index (χ0) is 13.7. The second-order valence-corrected chi connectivity index (χ2v) is 5.14. The van der Waals surface area contributed by atoms with Crippen molar-refractivity contribution in [1.82, 2.24) is 0 Å². The molecule has 0 heterocycles. The maximum Gasteiger partial charge on any atom is 0.171 e. The van der Waals surface area contributed by atoms with E-state index in [1.54, 1.807) is 6.08 Å². The van der Waals surface area contributed by atoms with Crippen LogP contribution >= 0.6 is 0 Å². The minimum Gasteiger partial charge on any atom is -0.512 e. The first-order valence-corrected chi connectivity index (χ1v) is 6.27. The zero-order valence-corrected chi connectivity index (χ0v) is 10.1. The fourth-order valence-electron chi connectivity index (χ4n) is 3.09. The zero-order valence-electron chi connectivity index (χ0n) is 10.1. The highest BCUT2D eigenvalue weighted by molar-refractivity contribution is 6.16. The van der Waals surface area contributed by atoms with E-state index >= 15 is 0 Å². The van der Waals surface area contributed by atoms with Crippen molar-refractivity contribution in [3.63, 3.8) is 0 Å². The molecule has 3 N–H and O–H groups in total. The SMILES string of the molecule is O=C1C2=C(C=CCC2)C(=O)C2C1C(O)=CC(O)C2O. The standard InChI is InChI=1S/C14H14O5/c15-8-5-9(16)14(19)11-10(8)12(17)6-3-1-2-4-7(6)13(11)18/h2,4-5,9-11,14-16,19H,1,3H2. The van der Waals surface area contributed by atoms with Gasteiger partial charge in [-0.2, -0.15) is 0 Å². The average molecular weight is 262 g/mol. The van der Waals surface area contributed by atoms with E-state index < -0.39 is 24.0 Å². The van der Waals surface area contributed by atoms with Gasteiger partial charge in [0.05, 0.1) is 17.9 Å². The lowest BCUT2D eigenvalue weighted by Crippen LogP contribution is -2.51. The van der Waals surface area contributed by atoms with Gasteiger partial charge >= 0.3 is 0 Å². The Hall–Kier alpha value is -1.72. The highest BCUT2D eigenvalue weighted by atomic mass is 16.3. The predicted octanol–water partition coefficient (Wildman–Crippen LogP) is 0.194. The average Bonchev–Trinajstić information content (AvgIpc) is 2.40. The molecule has 3 aliphatic carbocycles. The van der Waals surface area contributed by atoms with Crippen molar-refractivity contribution in [1.29, 1.82) is 0 Å². The third-order valence-corrected chi connectivity index (χ3v) is 4.06. The number of fused-ring (bicyclic) bond motifs is 1. The Balaban J connectivity index is 2.14. The van der Waals surface area contributed by atoms with Crippen molar-refractivity contribution in [2.75, 3.05) is 0 Å². The van der Waals surface area contributed by atoms with Gasteiger partial charge in [-0.3, -0.25) is 9.59 Å². The van der Waals surface area contributed by atoms with Crippen LogP contribution in [0, 0.1) is 11.8 Å². The molecule has 4 atom stereocenters. The third kappa shape index (κ3) is 1.62. The van der Waals surface area contributed by atoms with E-state index in [1.807, 2.05) is 6.08 Å². The topological polar surface area (TPSA) is 94.8 Å². The molecule has 5 heteroatoms. The molecule has 0 bridgehead atoms. The molecule has 19 heavy (non-hydrogen) atoms. The number of rotatable bonds is 0. The first kappa shape index (κ1) is 12.3. The van der Waals surface area contributed by atoms with Crippen LogP contribution in [0.3, 0.4) is 0 Å². The summed E-state index contributed by atoms with van der Waals surface area (Å²) in [6.07, 6.45) is 2.93. The molecule has 5 nitrogen and oxygen atoms in total. The molecule has 0 aromatic rings. The summed E-state index contributed by atoms with van der Waals surface area (Å²) in [6.45, 7) is 0. The number of carbonyl (C=O) groups excluding carboxylic acids is 2. The molecule has 0 saturated carbocycles. The first-order valence-electron chi connectivity index (χ1n) is 6.27. The Morgan fingerprint density at radius 1 is 1.16 bits per heavy atom. The van der Waals surface area contributed by atoms with Gasteiger partial charge in [-0.15, -0.1) is 0 Å². The molecule has 0 aliphatic heterocycles. The molecule has 0 radical (unpaired) electrons. The molecular formula is C14H14O5. The maximum atomic E-state index is 12.4. The molecule has 4 unspecified atom stereocenters. The quantitative estimate of drug-likeness (QED) is 0.579. The molecule has 3 aliphatic rings. The number of hydrogen-bond donors (Lipinski definition) is 3. The number of allylic oxidation sites excluding steroid dienone is 5. The molecular weight excluding hydrogens is 248 g/mol. The molecule has 100 valence electrons. The third-order valence-electron chi connectivity index (χ3n) is 4.06. The fraction of sp³-hybridized carbons (Fsp3) is 0.429. The lowest BCUT2D eigenvalue weighted by atomic mass is 9.66. The van der Waals surface area contributed by atoms with Crippen LogP contribution in [0.2, 0.25) is 0 Å². The molecule has 3 rings (SSSR count). The Bertz CT molecular complexity index is 554. The monoisotopic (exact) mass is 262 g/mol. The Morgan fingerprint density at radius 2 is 1.89 bits per heavy atom. The molecule has 0 aromatic carbocycles. The Morgan fingerprint density at radius 3 is 2.63 bits per heavy atom. The van der Waals surface area contributed by atoms with Gasteiger partial charge in [-0.25, -0.2) is 0 Å². The lowest BCUT2D eigenvalue weighted by molar-refractivity contribution is -0.139. The fourth-order valence-corrected chi connectivity index (χ4v) is 3.09. The minimum absolute atomic E-state index is 0.316. The van der Waals surface area contributed by atoms with Gasteiger partial charge < -0.3 is 15.3 Å². The maximum absolute atomic E-state index is 12.4. The van der Waals surface area contributed by atoms with Crippen LogP contribution in [0.4, 0.5) is 0 Å².